The van der Waals surface area contributed by atoms with E-state index in [4.69, 9.17) is 0 Å². The number of nitrogens with zero attached hydrogens (tertiary/aromatic N) is 1. The number of hydrogen-bond donors (Lipinski definition) is 1. The Morgan fingerprint density at radius 3 is 3.24 bits per heavy atom. The van der Waals surface area contributed by atoms with Crippen molar-refractivity contribution in [1.82, 2.24) is 4.98 Å². The minimum atomic E-state index is 0.828. The molecule has 2 heterocycles. The standard InChI is InChI=1S/C13H16N2S2/c1-9-2-3-11-12(6-9)17-13(15-11)14-7-10-4-5-16-8-10/h2-3,6,10H,4-5,7-8H2,1H3,(H,14,15). The predicted molar refractivity (Wildman–Crippen MR) is 78.3 cm³/mol. The monoisotopic (exact) mass is 264 g/mol. The van der Waals surface area contributed by atoms with Gasteiger partial charge in [-0.2, -0.15) is 11.8 Å². The van der Waals surface area contributed by atoms with Gasteiger partial charge in [0.15, 0.2) is 5.13 Å². The van der Waals surface area contributed by atoms with Gasteiger partial charge in [0.05, 0.1) is 10.2 Å². The number of thioether (sulfide) groups is 1. The van der Waals surface area contributed by atoms with Gasteiger partial charge < -0.3 is 5.32 Å². The first kappa shape index (κ1) is 11.4. The number of hydrogen-bond acceptors (Lipinski definition) is 4. The van der Waals surface area contributed by atoms with Crippen LogP contribution in [-0.2, 0) is 0 Å². The van der Waals surface area contributed by atoms with Crippen LogP contribution in [0.5, 0.6) is 0 Å². The van der Waals surface area contributed by atoms with E-state index in [1.165, 1.54) is 28.2 Å². The van der Waals surface area contributed by atoms with Crippen LogP contribution < -0.4 is 5.32 Å². The van der Waals surface area contributed by atoms with Gasteiger partial charge in [-0.1, -0.05) is 17.4 Å². The summed E-state index contributed by atoms with van der Waals surface area (Å²) in [5.74, 6) is 3.45. The van der Waals surface area contributed by atoms with Crippen molar-refractivity contribution in [1.29, 1.82) is 0 Å². The number of aryl methyl sites for hydroxylation is 1. The molecule has 2 nitrogen and oxygen atoms in total. The number of aromatic nitrogens is 1. The smallest absolute Gasteiger partial charge is 0.183 e. The molecule has 1 aliphatic rings. The summed E-state index contributed by atoms with van der Waals surface area (Å²) in [4.78, 5) is 4.62. The average molecular weight is 264 g/mol. The third-order valence-electron chi connectivity index (χ3n) is 3.11. The van der Waals surface area contributed by atoms with Crippen LogP contribution in [0.4, 0.5) is 5.13 Å². The van der Waals surface area contributed by atoms with Crippen molar-refractivity contribution in [3.8, 4) is 0 Å². The molecule has 90 valence electrons. The number of benzene rings is 1. The van der Waals surface area contributed by atoms with Gasteiger partial charge >= 0.3 is 0 Å². The molecule has 2 aromatic rings. The van der Waals surface area contributed by atoms with Crippen molar-refractivity contribution in [2.75, 3.05) is 23.4 Å². The lowest BCUT2D eigenvalue weighted by Crippen LogP contribution is -2.13. The number of nitrogens with one attached hydrogen (secondary N) is 1. The van der Waals surface area contributed by atoms with E-state index in [1.807, 2.05) is 0 Å². The zero-order valence-corrected chi connectivity index (χ0v) is 11.5. The summed E-state index contributed by atoms with van der Waals surface area (Å²) in [7, 11) is 0. The minimum Gasteiger partial charge on any atom is -0.361 e. The second kappa shape index (κ2) is 4.86. The lowest BCUT2D eigenvalue weighted by molar-refractivity contribution is 0.631. The molecular formula is C13H16N2S2. The van der Waals surface area contributed by atoms with Crippen LogP contribution >= 0.6 is 23.1 Å². The molecule has 1 saturated heterocycles. The van der Waals surface area contributed by atoms with E-state index in [2.05, 4.69) is 47.2 Å². The quantitative estimate of drug-likeness (QED) is 0.913. The first-order chi connectivity index (χ1) is 8.31. The van der Waals surface area contributed by atoms with Crippen molar-refractivity contribution < 1.29 is 0 Å². The van der Waals surface area contributed by atoms with E-state index in [9.17, 15) is 0 Å². The first-order valence-electron chi connectivity index (χ1n) is 6.00. The molecule has 4 heteroatoms. The Kier molecular flexibility index (Phi) is 3.25. The molecular weight excluding hydrogens is 248 g/mol. The maximum Gasteiger partial charge on any atom is 0.183 e. The summed E-state index contributed by atoms with van der Waals surface area (Å²) in [5.41, 5.74) is 2.42. The van der Waals surface area contributed by atoms with Crippen LogP contribution in [0, 0.1) is 12.8 Å². The van der Waals surface area contributed by atoms with Gasteiger partial charge in [0.25, 0.3) is 0 Å². The normalized spacial score (nSPS) is 19.9. The largest absolute Gasteiger partial charge is 0.361 e. The third kappa shape index (κ3) is 2.58. The van der Waals surface area contributed by atoms with E-state index in [-0.39, 0.29) is 0 Å². The van der Waals surface area contributed by atoms with Gasteiger partial charge in [0, 0.05) is 6.54 Å². The Balaban J connectivity index is 1.72. The Morgan fingerprint density at radius 2 is 2.41 bits per heavy atom. The number of anilines is 1. The van der Waals surface area contributed by atoms with Crippen LogP contribution in [-0.4, -0.2) is 23.0 Å². The topological polar surface area (TPSA) is 24.9 Å². The van der Waals surface area contributed by atoms with Gasteiger partial charge in [0.1, 0.15) is 0 Å². The second-order valence-electron chi connectivity index (χ2n) is 4.60. The number of rotatable bonds is 3. The lowest BCUT2D eigenvalue weighted by Gasteiger charge is -2.07. The van der Waals surface area contributed by atoms with Crippen LogP contribution in [0.3, 0.4) is 0 Å². The van der Waals surface area contributed by atoms with Crippen molar-refractivity contribution in [2.45, 2.75) is 13.3 Å². The van der Waals surface area contributed by atoms with Crippen LogP contribution in [0.1, 0.15) is 12.0 Å². The molecule has 0 amide bonds. The average Bonchev–Trinajstić information content (AvgIpc) is 2.94. The van der Waals surface area contributed by atoms with Crippen molar-refractivity contribution in [3.63, 3.8) is 0 Å². The van der Waals surface area contributed by atoms with Crippen molar-refractivity contribution in [2.24, 2.45) is 5.92 Å². The molecule has 1 atom stereocenters. The van der Waals surface area contributed by atoms with Gasteiger partial charge in [-0.3, -0.25) is 0 Å². The Morgan fingerprint density at radius 1 is 1.47 bits per heavy atom. The highest BCUT2D eigenvalue weighted by molar-refractivity contribution is 7.99. The highest BCUT2D eigenvalue weighted by Crippen LogP contribution is 2.28. The molecule has 0 saturated carbocycles. The third-order valence-corrected chi connectivity index (χ3v) is 5.32. The molecule has 1 aromatic carbocycles. The molecule has 1 N–H and O–H groups in total. The zero-order chi connectivity index (χ0) is 11.7. The summed E-state index contributed by atoms with van der Waals surface area (Å²) < 4.78 is 1.29. The summed E-state index contributed by atoms with van der Waals surface area (Å²) >= 11 is 3.83. The van der Waals surface area contributed by atoms with Crippen LogP contribution in [0.25, 0.3) is 10.2 Å². The van der Waals surface area contributed by atoms with E-state index in [0.717, 1.165) is 23.1 Å². The van der Waals surface area contributed by atoms with E-state index in [1.54, 1.807) is 11.3 Å². The lowest BCUT2D eigenvalue weighted by atomic mass is 10.1. The summed E-state index contributed by atoms with van der Waals surface area (Å²) in [6.45, 7) is 3.20. The van der Waals surface area contributed by atoms with Crippen molar-refractivity contribution >= 4 is 38.4 Å². The Hall–Kier alpha value is -0.740. The molecule has 1 fully saturated rings. The number of fused-ring (bicyclic) bond motifs is 1. The minimum absolute atomic E-state index is 0.828. The summed E-state index contributed by atoms with van der Waals surface area (Å²) in [6, 6.07) is 6.45. The van der Waals surface area contributed by atoms with Crippen LogP contribution in [0.2, 0.25) is 0 Å². The maximum atomic E-state index is 4.62. The SMILES string of the molecule is Cc1ccc2nc(NCC3CCSC3)sc2c1. The maximum absolute atomic E-state index is 4.62. The fourth-order valence-corrected chi connectivity index (χ4v) is 4.34. The molecule has 0 bridgehead atoms. The van der Waals surface area contributed by atoms with Gasteiger partial charge in [-0.25, -0.2) is 4.98 Å². The molecule has 1 aromatic heterocycles. The fraction of sp³-hybridized carbons (Fsp3) is 0.462. The van der Waals surface area contributed by atoms with E-state index < -0.39 is 0 Å². The van der Waals surface area contributed by atoms with E-state index in [0.29, 0.717) is 0 Å². The van der Waals surface area contributed by atoms with Crippen molar-refractivity contribution in [3.05, 3.63) is 23.8 Å². The molecule has 1 aliphatic heterocycles. The van der Waals surface area contributed by atoms with Gasteiger partial charge in [0.2, 0.25) is 0 Å². The molecule has 1 unspecified atom stereocenters. The highest BCUT2D eigenvalue weighted by atomic mass is 32.2. The summed E-state index contributed by atoms with van der Waals surface area (Å²) in [5, 5.41) is 4.56. The molecule has 17 heavy (non-hydrogen) atoms. The van der Waals surface area contributed by atoms with E-state index >= 15 is 0 Å². The number of thiazole rings is 1. The Bertz CT molecular complexity index is 515. The zero-order valence-electron chi connectivity index (χ0n) is 9.90. The molecule has 0 aliphatic carbocycles. The van der Waals surface area contributed by atoms with Gasteiger partial charge in [-0.05, 0) is 48.5 Å². The van der Waals surface area contributed by atoms with Gasteiger partial charge in [-0.15, -0.1) is 0 Å². The highest BCUT2D eigenvalue weighted by Gasteiger charge is 2.15. The summed E-state index contributed by atoms with van der Waals surface area (Å²) in [6.07, 6.45) is 1.35. The molecule has 0 spiro atoms. The molecule has 3 rings (SSSR count). The fourth-order valence-electron chi connectivity index (χ4n) is 2.08. The predicted octanol–water partition coefficient (Wildman–Crippen LogP) is 3.77. The first-order valence-corrected chi connectivity index (χ1v) is 7.97. The Labute approximate surface area is 110 Å². The molecule has 0 radical (unpaired) electrons. The van der Waals surface area contributed by atoms with Crippen LogP contribution in [0.15, 0.2) is 18.2 Å². The second-order valence-corrected chi connectivity index (χ2v) is 6.78.